The van der Waals surface area contributed by atoms with Gasteiger partial charge in [-0.1, -0.05) is 18.2 Å². The minimum atomic E-state index is -0.871. The molecule has 31 heavy (non-hydrogen) atoms. The molecule has 0 bridgehead atoms. The van der Waals surface area contributed by atoms with E-state index in [9.17, 15) is 8.78 Å². The molecule has 0 radical (unpaired) electrons. The number of ether oxygens (including phenoxy) is 1. The van der Waals surface area contributed by atoms with Crippen LogP contribution in [0.3, 0.4) is 0 Å². The van der Waals surface area contributed by atoms with Gasteiger partial charge in [0.05, 0.1) is 19.0 Å². The summed E-state index contributed by atoms with van der Waals surface area (Å²) in [6, 6.07) is 12.9. The van der Waals surface area contributed by atoms with Gasteiger partial charge in [0.25, 0.3) is 0 Å². The van der Waals surface area contributed by atoms with Gasteiger partial charge < -0.3 is 15.8 Å². The Morgan fingerprint density at radius 2 is 1.55 bits per heavy atom. The molecule has 4 rings (SSSR count). The van der Waals surface area contributed by atoms with Crippen molar-refractivity contribution < 1.29 is 13.5 Å². The third-order valence-corrected chi connectivity index (χ3v) is 4.67. The highest BCUT2D eigenvalue weighted by atomic mass is 19.1. The molecule has 0 aliphatic rings. The Morgan fingerprint density at radius 1 is 0.871 bits per heavy atom. The van der Waals surface area contributed by atoms with Crippen molar-refractivity contribution in [2.45, 2.75) is 5.92 Å². The average molecular weight is 420 g/mol. The van der Waals surface area contributed by atoms with Crippen LogP contribution >= 0.6 is 0 Å². The predicted molar refractivity (Wildman–Crippen MR) is 112 cm³/mol. The van der Waals surface area contributed by atoms with Gasteiger partial charge in [0.15, 0.2) is 0 Å². The van der Waals surface area contributed by atoms with Crippen molar-refractivity contribution in [1.29, 1.82) is 0 Å². The summed E-state index contributed by atoms with van der Waals surface area (Å²) in [7, 11) is 1.52. The van der Waals surface area contributed by atoms with Gasteiger partial charge in [-0.3, -0.25) is 0 Å². The number of nitrogens with zero attached hydrogens (tertiary/aromatic N) is 4. The van der Waals surface area contributed by atoms with Crippen LogP contribution in [0.4, 0.5) is 26.1 Å². The highest BCUT2D eigenvalue weighted by molar-refractivity contribution is 5.64. The maximum absolute atomic E-state index is 14.7. The van der Waals surface area contributed by atoms with Gasteiger partial charge in [-0.15, -0.1) is 0 Å². The molecule has 0 aliphatic carbocycles. The molecule has 4 aromatic rings. The van der Waals surface area contributed by atoms with Crippen LogP contribution in [0.1, 0.15) is 22.6 Å². The van der Waals surface area contributed by atoms with E-state index >= 15 is 0 Å². The number of methoxy groups -OCH3 is 1. The van der Waals surface area contributed by atoms with E-state index in [4.69, 9.17) is 10.5 Å². The minimum Gasteiger partial charge on any atom is -0.481 e. The maximum Gasteiger partial charge on any atom is 0.216 e. The molecule has 0 atom stereocenters. The Kier molecular flexibility index (Phi) is 5.65. The summed E-state index contributed by atoms with van der Waals surface area (Å²) in [6.07, 6.45) is 4.22. The van der Waals surface area contributed by atoms with Crippen LogP contribution in [0, 0.1) is 11.9 Å². The van der Waals surface area contributed by atoms with E-state index in [1.54, 1.807) is 54.7 Å². The number of halogens is 2. The van der Waals surface area contributed by atoms with Gasteiger partial charge in [0, 0.05) is 41.1 Å². The average Bonchev–Trinajstić information content (AvgIpc) is 2.78. The van der Waals surface area contributed by atoms with Crippen molar-refractivity contribution in [3.63, 3.8) is 0 Å². The van der Waals surface area contributed by atoms with Crippen LogP contribution in [-0.4, -0.2) is 27.0 Å². The number of aromatic nitrogens is 4. The third kappa shape index (κ3) is 4.25. The number of rotatable bonds is 6. The third-order valence-electron chi connectivity index (χ3n) is 4.67. The smallest absolute Gasteiger partial charge is 0.216 e. The summed E-state index contributed by atoms with van der Waals surface area (Å²) < 4.78 is 34.5. The second kappa shape index (κ2) is 8.70. The molecule has 9 heteroatoms. The first-order valence-electron chi connectivity index (χ1n) is 9.31. The first kappa shape index (κ1) is 20.1. The number of nitrogen functional groups attached to an aromatic ring is 1. The van der Waals surface area contributed by atoms with Crippen LogP contribution in [0.5, 0.6) is 5.88 Å². The Hall–Kier alpha value is -4.14. The molecule has 4 heterocycles. The lowest BCUT2D eigenvalue weighted by Crippen LogP contribution is -2.13. The van der Waals surface area contributed by atoms with Gasteiger partial charge in [-0.25, -0.2) is 19.9 Å². The lowest BCUT2D eigenvalue weighted by atomic mass is 9.86. The Bertz CT molecular complexity index is 1160. The zero-order valence-corrected chi connectivity index (χ0v) is 16.5. The number of anilines is 3. The van der Waals surface area contributed by atoms with E-state index in [2.05, 4.69) is 25.3 Å². The van der Waals surface area contributed by atoms with Crippen molar-refractivity contribution in [3.8, 4) is 5.88 Å². The standard InChI is InChI=1S/C22H18F2N6O/c1-31-18-9-6-13(12-28-18)29-22-16(7-8-17(25)30-22)19(14-4-2-10-26-20(14)23)15-5-3-11-27-21(15)24/h2-12,19H,1H3,(H3,25,29,30). The molecule has 0 amide bonds. The minimum absolute atomic E-state index is 0.178. The molecule has 0 aliphatic heterocycles. The quantitative estimate of drug-likeness (QED) is 0.454. The molecule has 0 saturated carbocycles. The number of nitrogens with one attached hydrogen (secondary N) is 1. The molecular weight excluding hydrogens is 402 g/mol. The summed E-state index contributed by atoms with van der Waals surface area (Å²) in [5.41, 5.74) is 7.34. The first-order valence-corrected chi connectivity index (χ1v) is 9.31. The normalized spacial score (nSPS) is 10.8. The van der Waals surface area contributed by atoms with Crippen LogP contribution in [0.2, 0.25) is 0 Å². The Labute approximate surface area is 177 Å². The van der Waals surface area contributed by atoms with Gasteiger partial charge in [-0.2, -0.15) is 8.78 Å². The first-order chi connectivity index (χ1) is 15.1. The topological polar surface area (TPSA) is 98.8 Å². The van der Waals surface area contributed by atoms with E-state index < -0.39 is 17.8 Å². The Morgan fingerprint density at radius 3 is 2.10 bits per heavy atom. The van der Waals surface area contributed by atoms with Gasteiger partial charge >= 0.3 is 0 Å². The molecule has 0 fully saturated rings. The number of nitrogens with two attached hydrogens (primary N) is 1. The van der Waals surface area contributed by atoms with E-state index in [1.165, 1.54) is 19.5 Å². The largest absolute Gasteiger partial charge is 0.481 e. The maximum atomic E-state index is 14.7. The molecule has 156 valence electrons. The Balaban J connectivity index is 1.87. The van der Waals surface area contributed by atoms with E-state index in [0.29, 0.717) is 22.9 Å². The van der Waals surface area contributed by atoms with Crippen molar-refractivity contribution in [1.82, 2.24) is 19.9 Å². The zero-order chi connectivity index (χ0) is 21.8. The molecule has 0 unspecified atom stereocenters. The fourth-order valence-electron chi connectivity index (χ4n) is 3.26. The van der Waals surface area contributed by atoms with Crippen molar-refractivity contribution in [2.24, 2.45) is 0 Å². The highest BCUT2D eigenvalue weighted by Gasteiger charge is 2.27. The van der Waals surface area contributed by atoms with E-state index in [1.807, 2.05) is 0 Å². The monoisotopic (exact) mass is 420 g/mol. The lowest BCUT2D eigenvalue weighted by Gasteiger charge is -2.22. The fourth-order valence-corrected chi connectivity index (χ4v) is 3.26. The van der Waals surface area contributed by atoms with Crippen LogP contribution in [0.15, 0.2) is 67.1 Å². The summed E-state index contributed by atoms with van der Waals surface area (Å²) in [5, 5.41) is 3.13. The summed E-state index contributed by atoms with van der Waals surface area (Å²) in [4.78, 5) is 16.0. The van der Waals surface area contributed by atoms with Crippen LogP contribution < -0.4 is 15.8 Å². The zero-order valence-electron chi connectivity index (χ0n) is 16.5. The molecule has 0 spiro atoms. The second-order valence-electron chi connectivity index (χ2n) is 6.59. The van der Waals surface area contributed by atoms with Crippen LogP contribution in [0.25, 0.3) is 0 Å². The highest BCUT2D eigenvalue weighted by Crippen LogP contribution is 2.38. The summed E-state index contributed by atoms with van der Waals surface area (Å²) in [5.74, 6) is -1.30. The van der Waals surface area contributed by atoms with Crippen molar-refractivity contribution in [2.75, 3.05) is 18.2 Å². The fraction of sp³-hybridized carbons (Fsp3) is 0.0909. The van der Waals surface area contributed by atoms with Gasteiger partial charge in [0.2, 0.25) is 17.8 Å². The number of hydrogen-bond acceptors (Lipinski definition) is 7. The predicted octanol–water partition coefficient (Wildman–Crippen LogP) is 4.06. The SMILES string of the molecule is COc1ccc(Nc2nc(N)ccc2C(c2cccnc2F)c2cccnc2F)cn1. The van der Waals surface area contributed by atoms with Crippen molar-refractivity contribution in [3.05, 3.63) is 95.7 Å². The second-order valence-corrected chi connectivity index (χ2v) is 6.59. The molecular formula is C22H18F2N6O. The molecule has 3 N–H and O–H groups in total. The number of hydrogen-bond donors (Lipinski definition) is 2. The van der Waals surface area contributed by atoms with E-state index in [0.717, 1.165) is 0 Å². The van der Waals surface area contributed by atoms with Gasteiger partial charge in [-0.05, 0) is 24.3 Å². The van der Waals surface area contributed by atoms with Gasteiger partial charge in [0.1, 0.15) is 11.6 Å². The van der Waals surface area contributed by atoms with E-state index in [-0.39, 0.29) is 16.9 Å². The van der Waals surface area contributed by atoms with Crippen molar-refractivity contribution >= 4 is 17.3 Å². The number of pyridine rings is 4. The summed E-state index contributed by atoms with van der Waals surface area (Å²) in [6.45, 7) is 0. The molecule has 0 aromatic carbocycles. The van der Waals surface area contributed by atoms with Crippen LogP contribution in [-0.2, 0) is 0 Å². The lowest BCUT2D eigenvalue weighted by molar-refractivity contribution is 0.398. The summed E-state index contributed by atoms with van der Waals surface area (Å²) >= 11 is 0. The molecule has 7 nitrogen and oxygen atoms in total. The molecule has 4 aromatic heterocycles. The molecule has 0 saturated heterocycles.